The number of likely N-dealkylation sites (tertiary alicyclic amines) is 1. The van der Waals surface area contributed by atoms with Gasteiger partial charge >= 0.3 is 6.18 Å². The van der Waals surface area contributed by atoms with E-state index in [2.05, 4.69) is 0 Å². The fraction of sp³-hybridized carbons (Fsp3) is 0.588. The van der Waals surface area contributed by atoms with Gasteiger partial charge in [-0.05, 0) is 30.7 Å². The number of nitrogens with zero attached hydrogens (tertiary/aromatic N) is 2. The Bertz CT molecular complexity index is 546. The molecule has 1 aliphatic heterocycles. The van der Waals surface area contributed by atoms with Crippen molar-refractivity contribution < 1.29 is 22.7 Å². The smallest absolute Gasteiger partial charge is 0.383 e. The van der Waals surface area contributed by atoms with Gasteiger partial charge in [-0.1, -0.05) is 12.1 Å². The first kappa shape index (κ1) is 18.7. The third-order valence-corrected chi connectivity index (χ3v) is 4.16. The SMILES string of the molecule is COCCN1CC(CN(C)Cc2ccc(C(F)(F)F)cc2)CC1=O. The van der Waals surface area contributed by atoms with E-state index in [4.69, 9.17) is 4.74 Å². The summed E-state index contributed by atoms with van der Waals surface area (Å²) >= 11 is 0. The molecular formula is C17H23F3N2O2. The molecule has 1 aromatic rings. The molecular weight excluding hydrogens is 321 g/mol. The molecule has 1 aliphatic rings. The van der Waals surface area contributed by atoms with E-state index in [0.717, 1.165) is 24.2 Å². The Morgan fingerprint density at radius 3 is 2.54 bits per heavy atom. The molecule has 0 bridgehead atoms. The summed E-state index contributed by atoms with van der Waals surface area (Å²) in [6, 6.07) is 5.22. The molecule has 134 valence electrons. The topological polar surface area (TPSA) is 32.8 Å². The summed E-state index contributed by atoms with van der Waals surface area (Å²) in [5.74, 6) is 0.383. The number of methoxy groups -OCH3 is 1. The van der Waals surface area contributed by atoms with Gasteiger partial charge in [0, 0.05) is 39.7 Å². The predicted octanol–water partition coefficient (Wildman–Crippen LogP) is 2.63. The Hall–Kier alpha value is -1.60. The highest BCUT2D eigenvalue weighted by Gasteiger charge is 2.31. The van der Waals surface area contributed by atoms with Gasteiger partial charge in [0.2, 0.25) is 5.91 Å². The molecule has 1 fully saturated rings. The molecule has 0 N–H and O–H groups in total. The lowest BCUT2D eigenvalue weighted by Gasteiger charge is -2.21. The van der Waals surface area contributed by atoms with E-state index < -0.39 is 11.7 Å². The van der Waals surface area contributed by atoms with E-state index in [1.165, 1.54) is 12.1 Å². The summed E-state index contributed by atoms with van der Waals surface area (Å²) in [4.78, 5) is 15.8. The highest BCUT2D eigenvalue weighted by atomic mass is 19.4. The molecule has 0 saturated carbocycles. The van der Waals surface area contributed by atoms with Crippen LogP contribution in [0.25, 0.3) is 0 Å². The van der Waals surface area contributed by atoms with E-state index in [0.29, 0.717) is 32.7 Å². The fourth-order valence-electron chi connectivity index (χ4n) is 3.01. The maximum absolute atomic E-state index is 12.6. The molecule has 1 unspecified atom stereocenters. The highest BCUT2D eigenvalue weighted by Crippen LogP contribution is 2.29. The molecule has 7 heteroatoms. The first-order valence-electron chi connectivity index (χ1n) is 7.91. The standard InChI is InChI=1S/C17H23F3N2O2/c1-21(10-13-3-5-15(6-4-13)17(18,19)20)11-14-9-16(23)22(12-14)7-8-24-2/h3-6,14H,7-12H2,1-2H3. The van der Waals surface area contributed by atoms with E-state index in [-0.39, 0.29) is 11.8 Å². The maximum atomic E-state index is 12.6. The van der Waals surface area contributed by atoms with Crippen molar-refractivity contribution in [2.24, 2.45) is 5.92 Å². The van der Waals surface area contributed by atoms with Gasteiger partial charge in [0.05, 0.1) is 12.2 Å². The van der Waals surface area contributed by atoms with Crippen LogP contribution in [0.1, 0.15) is 17.5 Å². The molecule has 1 atom stereocenters. The second kappa shape index (κ2) is 7.98. The van der Waals surface area contributed by atoms with Gasteiger partial charge in [0.15, 0.2) is 0 Å². The van der Waals surface area contributed by atoms with E-state index in [9.17, 15) is 18.0 Å². The molecule has 1 saturated heterocycles. The molecule has 0 aromatic heterocycles. The minimum absolute atomic E-state index is 0.139. The minimum atomic E-state index is -4.31. The van der Waals surface area contributed by atoms with Crippen molar-refractivity contribution in [3.63, 3.8) is 0 Å². The lowest BCUT2D eigenvalue weighted by Crippen LogP contribution is -2.31. The Labute approximate surface area is 140 Å². The number of amides is 1. The Kier molecular flexibility index (Phi) is 6.23. The van der Waals surface area contributed by atoms with Gasteiger partial charge < -0.3 is 14.5 Å². The van der Waals surface area contributed by atoms with Crippen molar-refractivity contribution >= 4 is 5.91 Å². The summed E-state index contributed by atoms with van der Waals surface area (Å²) in [5, 5.41) is 0. The molecule has 1 amide bonds. The number of halogens is 3. The van der Waals surface area contributed by atoms with E-state index in [1.807, 2.05) is 11.9 Å². The molecule has 0 aliphatic carbocycles. The van der Waals surface area contributed by atoms with Crippen molar-refractivity contribution in [2.75, 3.05) is 40.4 Å². The van der Waals surface area contributed by atoms with E-state index >= 15 is 0 Å². The van der Waals surface area contributed by atoms with Crippen LogP contribution in [-0.4, -0.2) is 56.1 Å². The van der Waals surface area contributed by atoms with Crippen LogP contribution in [0, 0.1) is 5.92 Å². The maximum Gasteiger partial charge on any atom is 0.416 e. The number of alkyl halides is 3. The molecule has 24 heavy (non-hydrogen) atoms. The first-order valence-corrected chi connectivity index (χ1v) is 7.91. The molecule has 0 radical (unpaired) electrons. The first-order chi connectivity index (χ1) is 11.3. The van der Waals surface area contributed by atoms with Gasteiger partial charge in [-0.25, -0.2) is 0 Å². The summed E-state index contributed by atoms with van der Waals surface area (Å²) in [7, 11) is 3.52. The highest BCUT2D eigenvalue weighted by molar-refractivity contribution is 5.78. The van der Waals surface area contributed by atoms with Crippen LogP contribution in [0.4, 0.5) is 13.2 Å². The summed E-state index contributed by atoms with van der Waals surface area (Å²) in [6.45, 7) is 3.13. The second-order valence-electron chi connectivity index (χ2n) is 6.29. The van der Waals surface area contributed by atoms with Crippen LogP contribution in [-0.2, 0) is 22.3 Å². The quantitative estimate of drug-likeness (QED) is 0.762. The lowest BCUT2D eigenvalue weighted by molar-refractivity contribution is -0.137. The van der Waals surface area contributed by atoms with Crippen LogP contribution in [0.2, 0.25) is 0 Å². The zero-order chi connectivity index (χ0) is 17.7. The van der Waals surface area contributed by atoms with Crippen LogP contribution >= 0.6 is 0 Å². The number of carbonyl (C=O) groups is 1. The third-order valence-electron chi connectivity index (χ3n) is 4.16. The zero-order valence-corrected chi connectivity index (χ0v) is 14.0. The van der Waals surface area contributed by atoms with Gasteiger partial charge in [0.1, 0.15) is 0 Å². The van der Waals surface area contributed by atoms with Gasteiger partial charge in [-0.2, -0.15) is 13.2 Å². The Morgan fingerprint density at radius 2 is 1.96 bits per heavy atom. The van der Waals surface area contributed by atoms with Gasteiger partial charge in [0.25, 0.3) is 0 Å². The van der Waals surface area contributed by atoms with Crippen LogP contribution < -0.4 is 0 Å². The molecule has 4 nitrogen and oxygen atoms in total. The number of carbonyl (C=O) groups excluding carboxylic acids is 1. The van der Waals surface area contributed by atoms with Crippen molar-refractivity contribution in [1.29, 1.82) is 0 Å². The number of rotatable bonds is 7. The summed E-state index contributed by atoms with van der Waals surface area (Å²) in [5.41, 5.74) is 0.190. The second-order valence-corrected chi connectivity index (χ2v) is 6.29. The van der Waals surface area contributed by atoms with Crippen LogP contribution in [0.5, 0.6) is 0 Å². The van der Waals surface area contributed by atoms with Gasteiger partial charge in [-0.3, -0.25) is 4.79 Å². The number of ether oxygens (including phenoxy) is 1. The average molecular weight is 344 g/mol. The number of benzene rings is 1. The summed E-state index contributed by atoms with van der Waals surface area (Å²) in [6.07, 6.45) is -3.79. The minimum Gasteiger partial charge on any atom is -0.383 e. The normalized spacial score (nSPS) is 18.7. The molecule has 1 aromatic carbocycles. The predicted molar refractivity (Wildman–Crippen MR) is 84.3 cm³/mol. The molecule has 2 rings (SSSR count). The average Bonchev–Trinajstić information content (AvgIpc) is 2.84. The zero-order valence-electron chi connectivity index (χ0n) is 14.0. The van der Waals surface area contributed by atoms with Crippen LogP contribution in [0.15, 0.2) is 24.3 Å². The van der Waals surface area contributed by atoms with Crippen molar-refractivity contribution in [2.45, 2.75) is 19.1 Å². The lowest BCUT2D eigenvalue weighted by atomic mass is 10.1. The Balaban J connectivity index is 1.83. The molecule has 1 heterocycles. The monoisotopic (exact) mass is 344 g/mol. The number of hydrogen-bond donors (Lipinski definition) is 0. The van der Waals surface area contributed by atoms with Crippen molar-refractivity contribution in [3.05, 3.63) is 35.4 Å². The van der Waals surface area contributed by atoms with Crippen molar-refractivity contribution in [3.8, 4) is 0 Å². The third kappa shape index (κ3) is 5.21. The number of hydrogen-bond acceptors (Lipinski definition) is 3. The Morgan fingerprint density at radius 1 is 1.29 bits per heavy atom. The van der Waals surface area contributed by atoms with Crippen molar-refractivity contribution in [1.82, 2.24) is 9.80 Å². The van der Waals surface area contributed by atoms with E-state index in [1.54, 1.807) is 12.0 Å². The fourth-order valence-corrected chi connectivity index (χ4v) is 3.01. The largest absolute Gasteiger partial charge is 0.416 e. The summed E-state index contributed by atoms with van der Waals surface area (Å²) < 4.78 is 42.7. The van der Waals surface area contributed by atoms with Gasteiger partial charge in [-0.15, -0.1) is 0 Å². The van der Waals surface area contributed by atoms with Crippen LogP contribution in [0.3, 0.4) is 0 Å². The molecule has 0 spiro atoms.